The lowest BCUT2D eigenvalue weighted by Crippen LogP contribution is -2.44. The zero-order valence-electron chi connectivity index (χ0n) is 14.8. The number of aliphatic imine (C=N–C) groups is 1. The third-order valence-corrected chi connectivity index (χ3v) is 5.43. The van der Waals surface area contributed by atoms with Crippen molar-refractivity contribution in [3.63, 3.8) is 0 Å². The Morgan fingerprint density at radius 1 is 1.00 bits per heavy atom. The second-order valence-corrected chi connectivity index (χ2v) is 7.56. The van der Waals surface area contributed by atoms with Crippen LogP contribution in [-0.2, 0) is 0 Å². The molecule has 1 fully saturated rings. The highest BCUT2D eigenvalue weighted by Gasteiger charge is 2.35. The van der Waals surface area contributed by atoms with Gasteiger partial charge in [0.2, 0.25) is 0 Å². The average molecular weight is 293 g/mol. The van der Waals surface area contributed by atoms with Crippen LogP contribution in [-0.4, -0.2) is 28.9 Å². The van der Waals surface area contributed by atoms with Crippen molar-refractivity contribution >= 4 is 5.84 Å². The van der Waals surface area contributed by atoms with Gasteiger partial charge in [-0.2, -0.15) is 0 Å². The number of hydrogen-bond donors (Lipinski definition) is 0. The van der Waals surface area contributed by atoms with E-state index < -0.39 is 0 Å². The van der Waals surface area contributed by atoms with Gasteiger partial charge < -0.3 is 4.90 Å². The van der Waals surface area contributed by atoms with Crippen LogP contribution in [0.5, 0.6) is 0 Å². The van der Waals surface area contributed by atoms with E-state index in [4.69, 9.17) is 4.99 Å². The molecule has 2 rings (SSSR count). The molecule has 2 heteroatoms. The van der Waals surface area contributed by atoms with Crippen LogP contribution in [0.15, 0.2) is 4.99 Å². The summed E-state index contributed by atoms with van der Waals surface area (Å²) in [6.07, 6.45) is 13.7. The Bertz CT molecular complexity index is 334. The van der Waals surface area contributed by atoms with Crippen LogP contribution in [0.25, 0.3) is 0 Å². The zero-order chi connectivity index (χ0) is 15.2. The van der Waals surface area contributed by atoms with Crippen molar-refractivity contribution in [2.45, 2.75) is 110 Å². The van der Waals surface area contributed by atoms with Gasteiger partial charge in [0.25, 0.3) is 0 Å². The van der Waals surface area contributed by atoms with E-state index in [2.05, 4.69) is 32.6 Å². The van der Waals surface area contributed by atoms with Crippen molar-refractivity contribution in [2.75, 3.05) is 0 Å². The summed E-state index contributed by atoms with van der Waals surface area (Å²) in [6, 6.07) is 1.87. The minimum atomic E-state index is 0.578. The molecule has 0 radical (unpaired) electrons. The number of nitrogens with zero attached hydrogens (tertiary/aromatic N) is 2. The Labute approximate surface area is 132 Å². The lowest BCUT2D eigenvalue weighted by molar-refractivity contribution is 0.227. The molecule has 1 aliphatic carbocycles. The first kappa shape index (κ1) is 16.8. The van der Waals surface area contributed by atoms with Gasteiger partial charge in [0.15, 0.2) is 0 Å². The van der Waals surface area contributed by atoms with Crippen molar-refractivity contribution in [3.8, 4) is 0 Å². The van der Waals surface area contributed by atoms with Gasteiger partial charge in [-0.3, -0.25) is 4.99 Å². The summed E-state index contributed by atoms with van der Waals surface area (Å²) in [5.41, 5.74) is 0. The topological polar surface area (TPSA) is 15.6 Å². The number of fused-ring (bicyclic) bond motifs is 1. The van der Waals surface area contributed by atoms with Crippen LogP contribution in [0.4, 0.5) is 0 Å². The third-order valence-electron chi connectivity index (χ3n) is 5.43. The van der Waals surface area contributed by atoms with E-state index in [0.717, 1.165) is 12.3 Å². The first-order valence-electron chi connectivity index (χ1n) is 9.48. The molecular formula is C19H36N2. The molecule has 21 heavy (non-hydrogen) atoms. The molecule has 0 saturated heterocycles. The summed E-state index contributed by atoms with van der Waals surface area (Å²) in [6.45, 7) is 9.39. The highest BCUT2D eigenvalue weighted by Crippen LogP contribution is 2.31. The fourth-order valence-corrected chi connectivity index (χ4v) is 4.28. The van der Waals surface area contributed by atoms with Crippen molar-refractivity contribution in [1.29, 1.82) is 0 Å². The molecule has 0 aromatic rings. The molecule has 1 heterocycles. The van der Waals surface area contributed by atoms with Crippen LogP contribution in [0.1, 0.15) is 91.9 Å². The van der Waals surface area contributed by atoms with Gasteiger partial charge in [0.05, 0.1) is 17.9 Å². The molecule has 0 bridgehead atoms. The molecule has 122 valence electrons. The second-order valence-electron chi connectivity index (χ2n) is 7.56. The van der Waals surface area contributed by atoms with Gasteiger partial charge >= 0.3 is 0 Å². The molecule has 1 saturated carbocycles. The fraction of sp³-hybridized carbons (Fsp3) is 0.947. The van der Waals surface area contributed by atoms with Crippen LogP contribution < -0.4 is 0 Å². The van der Waals surface area contributed by atoms with Crippen molar-refractivity contribution in [3.05, 3.63) is 0 Å². The molecule has 1 aliphatic heterocycles. The molecule has 0 spiro atoms. The van der Waals surface area contributed by atoms with E-state index in [-0.39, 0.29) is 0 Å². The second kappa shape index (κ2) is 8.19. The van der Waals surface area contributed by atoms with Crippen LogP contribution in [0.2, 0.25) is 0 Å². The standard InChI is InChI=1S/C19H36N2/c1-5-19-20-17-13-10-12-16(4)11-8-6-7-9-14-18(17)21(19)15(2)3/h15-18H,5-14H2,1-4H3. The normalized spacial score (nSPS) is 32.3. The molecule has 0 aromatic heterocycles. The van der Waals surface area contributed by atoms with Crippen LogP contribution >= 0.6 is 0 Å². The van der Waals surface area contributed by atoms with Gasteiger partial charge in [0, 0.05) is 12.5 Å². The quantitative estimate of drug-likeness (QED) is 0.664. The molecule has 0 amide bonds. The Hall–Kier alpha value is -0.530. The number of hydrogen-bond acceptors (Lipinski definition) is 2. The van der Waals surface area contributed by atoms with Crippen molar-refractivity contribution in [1.82, 2.24) is 4.90 Å². The Kier molecular flexibility index (Phi) is 6.57. The van der Waals surface area contributed by atoms with E-state index in [1.54, 1.807) is 0 Å². The monoisotopic (exact) mass is 292 g/mol. The van der Waals surface area contributed by atoms with Crippen molar-refractivity contribution in [2.24, 2.45) is 10.9 Å². The Morgan fingerprint density at radius 2 is 1.67 bits per heavy atom. The van der Waals surface area contributed by atoms with Gasteiger partial charge in [-0.15, -0.1) is 0 Å². The fourth-order valence-electron chi connectivity index (χ4n) is 4.28. The predicted octanol–water partition coefficient (Wildman–Crippen LogP) is 5.42. The summed E-state index contributed by atoms with van der Waals surface area (Å²) in [4.78, 5) is 7.78. The maximum Gasteiger partial charge on any atom is 0.0996 e. The zero-order valence-corrected chi connectivity index (χ0v) is 14.8. The summed E-state index contributed by atoms with van der Waals surface area (Å²) in [5, 5.41) is 0. The number of rotatable bonds is 2. The molecular weight excluding hydrogens is 256 g/mol. The number of amidine groups is 1. The Balaban J connectivity index is 2.05. The molecule has 3 atom stereocenters. The van der Waals surface area contributed by atoms with Gasteiger partial charge in [-0.25, -0.2) is 0 Å². The molecule has 0 N–H and O–H groups in total. The minimum absolute atomic E-state index is 0.578. The average Bonchev–Trinajstić information content (AvgIpc) is 2.79. The van der Waals surface area contributed by atoms with E-state index in [9.17, 15) is 0 Å². The van der Waals surface area contributed by atoms with E-state index in [1.807, 2.05) is 0 Å². The van der Waals surface area contributed by atoms with Gasteiger partial charge in [-0.05, 0) is 32.6 Å². The van der Waals surface area contributed by atoms with E-state index in [0.29, 0.717) is 18.1 Å². The maximum atomic E-state index is 5.13. The maximum absolute atomic E-state index is 5.13. The van der Waals surface area contributed by atoms with E-state index >= 15 is 0 Å². The largest absolute Gasteiger partial charge is 0.353 e. The van der Waals surface area contributed by atoms with Crippen LogP contribution in [0, 0.1) is 5.92 Å². The molecule has 2 aliphatic rings. The smallest absolute Gasteiger partial charge is 0.0996 e. The lowest BCUT2D eigenvalue weighted by Gasteiger charge is -2.34. The Morgan fingerprint density at radius 3 is 2.33 bits per heavy atom. The molecule has 3 unspecified atom stereocenters. The van der Waals surface area contributed by atoms with Crippen molar-refractivity contribution < 1.29 is 0 Å². The van der Waals surface area contributed by atoms with Gasteiger partial charge in [-0.1, -0.05) is 58.8 Å². The lowest BCUT2D eigenvalue weighted by atomic mass is 9.90. The molecule has 2 nitrogen and oxygen atoms in total. The van der Waals surface area contributed by atoms with Gasteiger partial charge in [0.1, 0.15) is 0 Å². The summed E-state index contributed by atoms with van der Waals surface area (Å²) >= 11 is 0. The highest BCUT2D eigenvalue weighted by molar-refractivity contribution is 5.84. The predicted molar refractivity (Wildman–Crippen MR) is 93.0 cm³/mol. The van der Waals surface area contributed by atoms with Crippen LogP contribution in [0.3, 0.4) is 0 Å². The summed E-state index contributed by atoms with van der Waals surface area (Å²) in [7, 11) is 0. The SMILES string of the molecule is CCC1=NC2CCCC(C)CCCCCCC2N1C(C)C. The third kappa shape index (κ3) is 4.47. The highest BCUT2D eigenvalue weighted by atomic mass is 15.3. The summed E-state index contributed by atoms with van der Waals surface area (Å²) in [5.74, 6) is 2.29. The molecule has 0 aromatic carbocycles. The summed E-state index contributed by atoms with van der Waals surface area (Å²) < 4.78 is 0. The minimum Gasteiger partial charge on any atom is -0.353 e. The first-order valence-corrected chi connectivity index (χ1v) is 9.48. The first-order chi connectivity index (χ1) is 10.1. The van der Waals surface area contributed by atoms with E-state index in [1.165, 1.54) is 63.6 Å².